The first-order valence-corrected chi connectivity index (χ1v) is 7.06. The standard InChI is InChI=1S/C17H17FN2O2/c1-21-16-5-4-13-6-12(2-3-14(13)7-16)10-19-11-15-8-17(9-18)22-20-15/h2-8,19H,9-11H2,1H3. The molecule has 4 nitrogen and oxygen atoms in total. The van der Waals surface area contributed by atoms with Gasteiger partial charge in [-0.25, -0.2) is 4.39 Å². The van der Waals surface area contributed by atoms with E-state index in [1.807, 2.05) is 18.2 Å². The Morgan fingerprint density at radius 1 is 1.09 bits per heavy atom. The summed E-state index contributed by atoms with van der Waals surface area (Å²) in [6.45, 7) is 0.630. The number of alkyl halides is 1. The molecule has 0 fully saturated rings. The number of benzene rings is 2. The van der Waals surface area contributed by atoms with Crippen molar-refractivity contribution >= 4 is 10.8 Å². The second-order valence-electron chi connectivity index (χ2n) is 5.07. The molecule has 0 aliphatic heterocycles. The highest BCUT2D eigenvalue weighted by molar-refractivity contribution is 5.84. The van der Waals surface area contributed by atoms with Crippen LogP contribution in [0.4, 0.5) is 4.39 Å². The molecular weight excluding hydrogens is 283 g/mol. The number of nitrogens with zero attached hydrogens (tertiary/aromatic N) is 1. The maximum Gasteiger partial charge on any atom is 0.168 e. The minimum Gasteiger partial charge on any atom is -0.497 e. The number of hydrogen-bond donors (Lipinski definition) is 1. The highest BCUT2D eigenvalue weighted by atomic mass is 19.1. The van der Waals surface area contributed by atoms with Crippen LogP contribution in [-0.4, -0.2) is 12.3 Å². The molecule has 0 aliphatic rings. The highest BCUT2D eigenvalue weighted by Gasteiger charge is 2.03. The van der Waals surface area contributed by atoms with Crippen LogP contribution in [0.5, 0.6) is 5.75 Å². The van der Waals surface area contributed by atoms with E-state index >= 15 is 0 Å². The summed E-state index contributed by atoms with van der Waals surface area (Å²) >= 11 is 0. The molecule has 0 saturated carbocycles. The van der Waals surface area contributed by atoms with Crippen molar-refractivity contribution in [3.63, 3.8) is 0 Å². The third kappa shape index (κ3) is 3.26. The lowest BCUT2D eigenvalue weighted by Gasteiger charge is -2.06. The highest BCUT2D eigenvalue weighted by Crippen LogP contribution is 2.21. The normalized spacial score (nSPS) is 11.0. The zero-order valence-corrected chi connectivity index (χ0v) is 12.3. The lowest BCUT2D eigenvalue weighted by molar-refractivity contribution is 0.326. The summed E-state index contributed by atoms with van der Waals surface area (Å²) < 4.78 is 22.4. The van der Waals surface area contributed by atoms with Crippen molar-refractivity contribution in [2.45, 2.75) is 19.8 Å². The van der Waals surface area contributed by atoms with Crippen LogP contribution in [-0.2, 0) is 19.8 Å². The van der Waals surface area contributed by atoms with Gasteiger partial charge in [0.1, 0.15) is 12.4 Å². The van der Waals surface area contributed by atoms with E-state index in [4.69, 9.17) is 9.26 Å². The fraction of sp³-hybridized carbons (Fsp3) is 0.235. The smallest absolute Gasteiger partial charge is 0.168 e. The van der Waals surface area contributed by atoms with Gasteiger partial charge in [-0.15, -0.1) is 0 Å². The minimum atomic E-state index is -0.624. The monoisotopic (exact) mass is 300 g/mol. The average molecular weight is 300 g/mol. The van der Waals surface area contributed by atoms with E-state index in [0.717, 1.165) is 11.1 Å². The van der Waals surface area contributed by atoms with E-state index < -0.39 is 6.67 Å². The van der Waals surface area contributed by atoms with Gasteiger partial charge in [0.2, 0.25) is 0 Å². The van der Waals surface area contributed by atoms with E-state index in [2.05, 4.69) is 28.7 Å². The van der Waals surface area contributed by atoms with Crippen molar-refractivity contribution < 1.29 is 13.7 Å². The molecule has 0 bridgehead atoms. The van der Waals surface area contributed by atoms with E-state index in [-0.39, 0.29) is 5.76 Å². The van der Waals surface area contributed by atoms with Crippen LogP contribution in [0.2, 0.25) is 0 Å². The Morgan fingerprint density at radius 3 is 2.68 bits per heavy atom. The number of aromatic nitrogens is 1. The number of nitrogens with one attached hydrogen (secondary N) is 1. The van der Waals surface area contributed by atoms with Crippen LogP contribution in [0, 0.1) is 0 Å². The van der Waals surface area contributed by atoms with Crippen molar-refractivity contribution in [3.8, 4) is 5.75 Å². The Bertz CT molecular complexity index is 770. The van der Waals surface area contributed by atoms with Crippen LogP contribution in [0.3, 0.4) is 0 Å². The largest absolute Gasteiger partial charge is 0.497 e. The van der Waals surface area contributed by atoms with Crippen LogP contribution in [0.15, 0.2) is 47.0 Å². The average Bonchev–Trinajstić information content (AvgIpc) is 3.02. The van der Waals surface area contributed by atoms with Crippen molar-refractivity contribution in [1.29, 1.82) is 0 Å². The van der Waals surface area contributed by atoms with Crippen molar-refractivity contribution in [2.75, 3.05) is 7.11 Å². The van der Waals surface area contributed by atoms with E-state index in [1.165, 1.54) is 10.9 Å². The van der Waals surface area contributed by atoms with Gasteiger partial charge in [0, 0.05) is 19.2 Å². The Balaban J connectivity index is 1.63. The summed E-state index contributed by atoms with van der Waals surface area (Å²) in [4.78, 5) is 0. The van der Waals surface area contributed by atoms with Gasteiger partial charge in [-0.05, 0) is 34.5 Å². The Kier molecular flexibility index (Phi) is 4.34. The fourth-order valence-electron chi connectivity index (χ4n) is 2.35. The summed E-state index contributed by atoms with van der Waals surface area (Å²) in [5.41, 5.74) is 1.88. The quantitative estimate of drug-likeness (QED) is 0.755. The number of ether oxygens (including phenoxy) is 1. The first-order valence-electron chi connectivity index (χ1n) is 7.06. The Morgan fingerprint density at radius 2 is 1.91 bits per heavy atom. The molecule has 0 amide bonds. The third-order valence-corrected chi connectivity index (χ3v) is 3.49. The molecular formula is C17H17FN2O2. The number of rotatable bonds is 6. The van der Waals surface area contributed by atoms with Gasteiger partial charge in [-0.3, -0.25) is 0 Å². The number of hydrogen-bond acceptors (Lipinski definition) is 4. The van der Waals surface area contributed by atoms with Crippen LogP contribution in [0.25, 0.3) is 10.8 Å². The number of methoxy groups -OCH3 is 1. The van der Waals surface area contributed by atoms with E-state index in [0.29, 0.717) is 18.8 Å². The second kappa shape index (κ2) is 6.58. The molecule has 3 aromatic rings. The SMILES string of the molecule is COc1ccc2cc(CNCc3cc(CF)on3)ccc2c1. The van der Waals surface area contributed by atoms with Gasteiger partial charge < -0.3 is 14.6 Å². The third-order valence-electron chi connectivity index (χ3n) is 3.49. The summed E-state index contributed by atoms with van der Waals surface area (Å²) in [7, 11) is 1.66. The maximum absolute atomic E-state index is 12.4. The molecule has 22 heavy (non-hydrogen) atoms. The molecule has 2 aromatic carbocycles. The predicted molar refractivity (Wildman–Crippen MR) is 82.4 cm³/mol. The summed E-state index contributed by atoms with van der Waals surface area (Å²) in [5.74, 6) is 1.12. The van der Waals surface area contributed by atoms with Crippen LogP contribution >= 0.6 is 0 Å². The summed E-state index contributed by atoms with van der Waals surface area (Å²) in [6.07, 6.45) is 0. The molecule has 1 aromatic heterocycles. The molecule has 0 atom stereocenters. The van der Waals surface area contributed by atoms with Gasteiger partial charge in [0.25, 0.3) is 0 Å². The lowest BCUT2D eigenvalue weighted by Crippen LogP contribution is -2.12. The lowest BCUT2D eigenvalue weighted by atomic mass is 10.1. The molecule has 0 spiro atoms. The summed E-state index contributed by atoms with van der Waals surface area (Å²) in [5, 5.41) is 9.38. The van der Waals surface area contributed by atoms with Crippen LogP contribution in [0.1, 0.15) is 17.0 Å². The Labute approximate surface area is 127 Å². The number of halogens is 1. The van der Waals surface area contributed by atoms with E-state index in [1.54, 1.807) is 13.2 Å². The van der Waals surface area contributed by atoms with Gasteiger partial charge in [-0.1, -0.05) is 23.4 Å². The molecule has 3 rings (SSSR count). The predicted octanol–water partition coefficient (Wildman–Crippen LogP) is 3.60. The van der Waals surface area contributed by atoms with Crippen LogP contribution < -0.4 is 10.1 Å². The molecule has 0 radical (unpaired) electrons. The maximum atomic E-state index is 12.4. The Hall–Kier alpha value is -2.40. The van der Waals surface area contributed by atoms with Crippen molar-refractivity contribution in [3.05, 3.63) is 59.5 Å². The molecule has 114 valence electrons. The van der Waals surface area contributed by atoms with Gasteiger partial charge in [-0.2, -0.15) is 0 Å². The molecule has 0 aliphatic carbocycles. The fourth-order valence-corrected chi connectivity index (χ4v) is 2.35. The topological polar surface area (TPSA) is 47.3 Å². The first kappa shape index (κ1) is 14.5. The summed E-state index contributed by atoms with van der Waals surface area (Å²) in [6, 6.07) is 13.9. The van der Waals surface area contributed by atoms with Gasteiger partial charge in [0.15, 0.2) is 5.76 Å². The molecule has 1 heterocycles. The second-order valence-corrected chi connectivity index (χ2v) is 5.07. The molecule has 0 unspecified atom stereocenters. The minimum absolute atomic E-state index is 0.261. The molecule has 5 heteroatoms. The van der Waals surface area contributed by atoms with Gasteiger partial charge in [0.05, 0.1) is 12.8 Å². The van der Waals surface area contributed by atoms with Gasteiger partial charge >= 0.3 is 0 Å². The van der Waals surface area contributed by atoms with E-state index in [9.17, 15) is 4.39 Å². The number of fused-ring (bicyclic) bond motifs is 1. The first-order chi connectivity index (χ1) is 10.8. The zero-order valence-electron chi connectivity index (χ0n) is 12.3. The molecule has 0 saturated heterocycles. The zero-order chi connectivity index (χ0) is 15.4. The van der Waals surface area contributed by atoms with Crippen molar-refractivity contribution in [2.24, 2.45) is 0 Å². The van der Waals surface area contributed by atoms with Crippen molar-refractivity contribution in [1.82, 2.24) is 10.5 Å². The molecule has 1 N–H and O–H groups in total.